The van der Waals surface area contributed by atoms with Crippen LogP contribution in [0.4, 0.5) is 4.79 Å². The maximum absolute atomic E-state index is 11.6. The van der Waals surface area contributed by atoms with E-state index in [1.807, 2.05) is 27.7 Å². The molecule has 0 atom stereocenters. The van der Waals surface area contributed by atoms with Crippen LogP contribution >= 0.6 is 0 Å². The molecule has 0 saturated heterocycles. The first-order chi connectivity index (χ1) is 10.7. The third kappa shape index (κ3) is 8.67. The number of amides is 1. The van der Waals surface area contributed by atoms with Crippen LogP contribution in [0.3, 0.4) is 0 Å². The van der Waals surface area contributed by atoms with Crippen molar-refractivity contribution in [2.24, 2.45) is 10.4 Å². The summed E-state index contributed by atoms with van der Waals surface area (Å²) in [5.41, 5.74) is -0.123. The second-order valence-corrected chi connectivity index (χ2v) is 7.57. The molecule has 1 saturated carbocycles. The van der Waals surface area contributed by atoms with Crippen molar-refractivity contribution in [1.29, 1.82) is 0 Å². The topological polar surface area (TPSA) is 74.8 Å². The number of guanidine groups is 1. The summed E-state index contributed by atoms with van der Waals surface area (Å²) >= 11 is 0. The number of rotatable bonds is 6. The molecule has 0 aromatic rings. The Morgan fingerprint density at radius 2 is 1.74 bits per heavy atom. The standard InChI is InChI=1S/C17H34N4O2/c1-6-18-14(21-13-17(5)9-7-8-10-17)19-11-12-20-15(22)23-16(2,3)4/h6-13H2,1-5H3,(H,20,22)(H2,18,19,21). The molecule has 0 spiro atoms. The van der Waals surface area contributed by atoms with Gasteiger partial charge in [-0.3, -0.25) is 4.99 Å². The SMILES string of the molecule is CCNC(=NCC1(C)CCCC1)NCCNC(=O)OC(C)(C)C. The highest BCUT2D eigenvalue weighted by molar-refractivity contribution is 5.79. The molecule has 0 aromatic heterocycles. The van der Waals surface area contributed by atoms with E-state index in [0.717, 1.165) is 19.0 Å². The molecule has 134 valence electrons. The van der Waals surface area contributed by atoms with E-state index in [0.29, 0.717) is 18.5 Å². The lowest BCUT2D eigenvalue weighted by Gasteiger charge is -2.22. The lowest BCUT2D eigenvalue weighted by molar-refractivity contribution is 0.0529. The van der Waals surface area contributed by atoms with Crippen molar-refractivity contribution in [1.82, 2.24) is 16.0 Å². The predicted octanol–water partition coefficient (Wildman–Crippen LogP) is 2.65. The molecule has 6 heteroatoms. The van der Waals surface area contributed by atoms with E-state index >= 15 is 0 Å². The fourth-order valence-corrected chi connectivity index (χ4v) is 2.66. The summed E-state index contributed by atoms with van der Waals surface area (Å²) in [5, 5.41) is 9.23. The Labute approximate surface area is 140 Å². The van der Waals surface area contributed by atoms with Gasteiger partial charge in [0.1, 0.15) is 5.60 Å². The van der Waals surface area contributed by atoms with Gasteiger partial charge in [0.25, 0.3) is 0 Å². The van der Waals surface area contributed by atoms with E-state index in [1.54, 1.807) is 0 Å². The van der Waals surface area contributed by atoms with Crippen LogP contribution < -0.4 is 16.0 Å². The van der Waals surface area contributed by atoms with Crippen LogP contribution in [0.15, 0.2) is 4.99 Å². The van der Waals surface area contributed by atoms with Gasteiger partial charge in [-0.2, -0.15) is 0 Å². The predicted molar refractivity (Wildman–Crippen MR) is 94.8 cm³/mol. The molecule has 0 heterocycles. The second-order valence-electron chi connectivity index (χ2n) is 7.57. The van der Waals surface area contributed by atoms with Crippen molar-refractivity contribution in [2.75, 3.05) is 26.2 Å². The quantitative estimate of drug-likeness (QED) is 0.398. The van der Waals surface area contributed by atoms with E-state index in [-0.39, 0.29) is 6.09 Å². The molecule has 0 bridgehead atoms. The maximum atomic E-state index is 11.6. The number of carbonyl (C=O) groups excluding carboxylic acids is 1. The summed E-state index contributed by atoms with van der Waals surface area (Å²) in [5.74, 6) is 0.812. The molecule has 1 rings (SSSR count). The average molecular weight is 326 g/mol. The minimum absolute atomic E-state index is 0.344. The molecular formula is C17H34N4O2. The fraction of sp³-hybridized carbons (Fsp3) is 0.882. The smallest absolute Gasteiger partial charge is 0.407 e. The minimum atomic E-state index is -0.468. The molecule has 0 aromatic carbocycles. The van der Waals surface area contributed by atoms with Crippen LogP contribution in [0, 0.1) is 5.41 Å². The summed E-state index contributed by atoms with van der Waals surface area (Å²) in [6.07, 6.45) is 4.76. The first-order valence-corrected chi connectivity index (χ1v) is 8.73. The van der Waals surface area contributed by atoms with Crippen LogP contribution in [0.5, 0.6) is 0 Å². The van der Waals surface area contributed by atoms with Crippen molar-refractivity contribution >= 4 is 12.1 Å². The zero-order chi connectivity index (χ0) is 17.3. The molecule has 1 aliphatic rings. The molecule has 1 aliphatic carbocycles. The highest BCUT2D eigenvalue weighted by atomic mass is 16.6. The maximum Gasteiger partial charge on any atom is 0.407 e. The van der Waals surface area contributed by atoms with Crippen LogP contribution in [0.25, 0.3) is 0 Å². The average Bonchev–Trinajstić information content (AvgIpc) is 2.86. The van der Waals surface area contributed by atoms with E-state index < -0.39 is 5.60 Å². The number of aliphatic imine (C=N–C) groups is 1. The monoisotopic (exact) mass is 326 g/mol. The Morgan fingerprint density at radius 3 is 2.30 bits per heavy atom. The number of nitrogens with zero attached hydrogens (tertiary/aromatic N) is 1. The van der Waals surface area contributed by atoms with Gasteiger partial charge in [-0.25, -0.2) is 4.79 Å². The third-order valence-corrected chi connectivity index (χ3v) is 3.86. The van der Waals surface area contributed by atoms with Gasteiger partial charge in [-0.1, -0.05) is 19.8 Å². The Hall–Kier alpha value is -1.46. The van der Waals surface area contributed by atoms with Gasteiger partial charge in [0.2, 0.25) is 0 Å². The summed E-state index contributed by atoms with van der Waals surface area (Å²) in [6, 6.07) is 0. The van der Waals surface area contributed by atoms with Gasteiger partial charge in [-0.15, -0.1) is 0 Å². The van der Waals surface area contributed by atoms with Gasteiger partial charge >= 0.3 is 6.09 Å². The van der Waals surface area contributed by atoms with Gasteiger partial charge in [0.05, 0.1) is 0 Å². The normalized spacial score (nSPS) is 17.7. The zero-order valence-corrected chi connectivity index (χ0v) is 15.4. The highest BCUT2D eigenvalue weighted by Crippen LogP contribution is 2.37. The number of alkyl carbamates (subject to hydrolysis) is 1. The molecule has 1 fully saturated rings. The third-order valence-electron chi connectivity index (χ3n) is 3.86. The largest absolute Gasteiger partial charge is 0.444 e. The van der Waals surface area contributed by atoms with Crippen LogP contribution in [-0.4, -0.2) is 43.8 Å². The Kier molecular flexibility index (Phi) is 7.65. The van der Waals surface area contributed by atoms with Crippen LogP contribution in [0.1, 0.15) is 60.3 Å². The molecule has 0 radical (unpaired) electrons. The van der Waals surface area contributed by atoms with Crippen molar-refractivity contribution in [3.05, 3.63) is 0 Å². The Balaban J connectivity index is 2.31. The van der Waals surface area contributed by atoms with Gasteiger partial charge in [-0.05, 0) is 46.0 Å². The van der Waals surface area contributed by atoms with Crippen LogP contribution in [0.2, 0.25) is 0 Å². The van der Waals surface area contributed by atoms with E-state index in [9.17, 15) is 4.79 Å². The fourth-order valence-electron chi connectivity index (χ4n) is 2.66. The first kappa shape index (κ1) is 19.6. The van der Waals surface area contributed by atoms with Crippen molar-refractivity contribution in [2.45, 2.75) is 65.9 Å². The molecule has 0 aliphatic heterocycles. The molecule has 6 nitrogen and oxygen atoms in total. The molecular weight excluding hydrogens is 292 g/mol. The number of hydrogen-bond donors (Lipinski definition) is 3. The highest BCUT2D eigenvalue weighted by Gasteiger charge is 2.28. The van der Waals surface area contributed by atoms with Crippen LogP contribution in [-0.2, 0) is 4.74 Å². The van der Waals surface area contributed by atoms with E-state index in [2.05, 4.69) is 22.9 Å². The van der Waals surface area contributed by atoms with Crippen molar-refractivity contribution in [3.63, 3.8) is 0 Å². The summed E-state index contributed by atoms with van der Waals surface area (Å²) in [7, 11) is 0. The van der Waals surface area contributed by atoms with E-state index in [1.165, 1.54) is 25.7 Å². The van der Waals surface area contributed by atoms with Gasteiger partial charge in [0.15, 0.2) is 5.96 Å². The number of ether oxygens (including phenoxy) is 1. The van der Waals surface area contributed by atoms with Gasteiger partial charge < -0.3 is 20.7 Å². The zero-order valence-electron chi connectivity index (χ0n) is 15.4. The number of carbonyl (C=O) groups is 1. The minimum Gasteiger partial charge on any atom is -0.444 e. The summed E-state index contributed by atoms with van der Waals surface area (Å²) < 4.78 is 5.20. The summed E-state index contributed by atoms with van der Waals surface area (Å²) in [4.78, 5) is 16.3. The molecule has 1 amide bonds. The lowest BCUT2D eigenvalue weighted by atomic mass is 9.89. The molecule has 23 heavy (non-hydrogen) atoms. The Bertz CT molecular complexity index is 396. The lowest BCUT2D eigenvalue weighted by Crippen LogP contribution is -2.42. The van der Waals surface area contributed by atoms with Crippen molar-refractivity contribution < 1.29 is 9.53 Å². The number of nitrogens with one attached hydrogen (secondary N) is 3. The summed E-state index contributed by atoms with van der Waals surface area (Å²) in [6.45, 7) is 12.7. The first-order valence-electron chi connectivity index (χ1n) is 8.73. The van der Waals surface area contributed by atoms with E-state index in [4.69, 9.17) is 9.73 Å². The van der Waals surface area contributed by atoms with Gasteiger partial charge in [0, 0.05) is 26.2 Å². The Morgan fingerprint density at radius 1 is 1.13 bits per heavy atom. The second kappa shape index (κ2) is 8.99. The molecule has 3 N–H and O–H groups in total. The molecule has 0 unspecified atom stereocenters. The van der Waals surface area contributed by atoms with Crippen molar-refractivity contribution in [3.8, 4) is 0 Å². The number of hydrogen-bond acceptors (Lipinski definition) is 3.